The Morgan fingerprint density at radius 3 is 2.38 bits per heavy atom. The number of aryl methyl sites for hydroxylation is 1. The molecule has 37 heavy (non-hydrogen) atoms. The number of hydrogen-bond acceptors (Lipinski definition) is 6. The van der Waals surface area contributed by atoms with Gasteiger partial charge in [-0.3, -0.25) is 4.79 Å². The van der Waals surface area contributed by atoms with E-state index in [4.69, 9.17) is 0 Å². The summed E-state index contributed by atoms with van der Waals surface area (Å²) in [6.45, 7) is 5.25. The zero-order chi connectivity index (χ0) is 25.3. The Morgan fingerprint density at radius 2 is 1.62 bits per heavy atom. The summed E-state index contributed by atoms with van der Waals surface area (Å²) in [5, 5.41) is 6.88. The predicted octanol–water partition coefficient (Wildman–Crippen LogP) is 4.52. The van der Waals surface area contributed by atoms with Crippen LogP contribution in [-0.4, -0.2) is 54.6 Å². The second kappa shape index (κ2) is 12.7. The summed E-state index contributed by atoms with van der Waals surface area (Å²) in [6.07, 6.45) is 9.67. The third kappa shape index (κ3) is 7.29. The van der Waals surface area contributed by atoms with E-state index in [-0.39, 0.29) is 5.91 Å². The molecule has 3 aromatic rings. The van der Waals surface area contributed by atoms with Crippen LogP contribution in [0.5, 0.6) is 0 Å². The summed E-state index contributed by atoms with van der Waals surface area (Å²) in [4.78, 5) is 26.0. The van der Waals surface area contributed by atoms with Crippen LogP contribution in [0.4, 0.5) is 17.3 Å². The summed E-state index contributed by atoms with van der Waals surface area (Å²) in [5.74, 6) is 1.56. The number of nitrogens with one attached hydrogen (secondary N) is 2. The van der Waals surface area contributed by atoms with Gasteiger partial charge in [0.25, 0.3) is 0 Å². The van der Waals surface area contributed by atoms with Crippen molar-refractivity contribution >= 4 is 23.2 Å². The minimum absolute atomic E-state index is 0.0564. The molecule has 2 N–H and O–H groups in total. The zero-order valence-corrected chi connectivity index (χ0v) is 21.6. The average molecular weight is 499 g/mol. The SMILES string of the molecule is O=C(CCc1ccccc1)Nc1ccc(N2CCC(NC[C@H]3CCCN(c4ncccn4)C3)CC2)cc1. The normalized spacial score (nSPS) is 18.5. The molecule has 2 aliphatic rings. The van der Waals surface area contributed by atoms with Crippen molar-refractivity contribution < 1.29 is 4.79 Å². The lowest BCUT2D eigenvalue weighted by Gasteiger charge is -2.36. The van der Waals surface area contributed by atoms with Crippen LogP contribution in [0.3, 0.4) is 0 Å². The second-order valence-electron chi connectivity index (χ2n) is 10.3. The van der Waals surface area contributed by atoms with Crippen molar-refractivity contribution in [3.63, 3.8) is 0 Å². The molecule has 7 heteroatoms. The number of nitrogens with zero attached hydrogens (tertiary/aromatic N) is 4. The maximum atomic E-state index is 12.3. The molecule has 1 atom stereocenters. The van der Waals surface area contributed by atoms with Gasteiger partial charge in [-0.1, -0.05) is 30.3 Å². The topological polar surface area (TPSA) is 73.4 Å². The lowest BCUT2D eigenvalue weighted by Crippen LogP contribution is -2.46. The van der Waals surface area contributed by atoms with Gasteiger partial charge in [0.05, 0.1) is 0 Å². The first-order valence-electron chi connectivity index (χ1n) is 13.7. The summed E-state index contributed by atoms with van der Waals surface area (Å²) in [5.41, 5.74) is 3.28. The van der Waals surface area contributed by atoms with Gasteiger partial charge < -0.3 is 20.4 Å². The molecule has 2 aromatic carbocycles. The van der Waals surface area contributed by atoms with E-state index in [1.54, 1.807) is 0 Å². The van der Waals surface area contributed by atoms with E-state index in [9.17, 15) is 4.79 Å². The molecule has 0 aliphatic carbocycles. The number of rotatable bonds is 9. The smallest absolute Gasteiger partial charge is 0.225 e. The molecule has 3 heterocycles. The van der Waals surface area contributed by atoms with Crippen LogP contribution in [0.25, 0.3) is 0 Å². The first-order chi connectivity index (χ1) is 18.2. The fourth-order valence-corrected chi connectivity index (χ4v) is 5.42. The van der Waals surface area contributed by atoms with Crippen LogP contribution in [0, 0.1) is 5.92 Å². The van der Waals surface area contributed by atoms with Crippen molar-refractivity contribution in [2.45, 2.75) is 44.6 Å². The third-order valence-electron chi connectivity index (χ3n) is 7.54. The summed E-state index contributed by atoms with van der Waals surface area (Å²) >= 11 is 0. The largest absolute Gasteiger partial charge is 0.371 e. The van der Waals surface area contributed by atoms with Gasteiger partial charge in [-0.05, 0) is 80.5 Å². The fraction of sp³-hybridized carbons (Fsp3) is 0.433. The van der Waals surface area contributed by atoms with Gasteiger partial charge in [-0.15, -0.1) is 0 Å². The standard InChI is InChI=1S/C30H38N6O/c37-29(14-9-24-6-2-1-3-7-24)34-27-10-12-28(13-11-27)35-20-15-26(16-21-35)33-22-25-8-4-19-36(23-25)30-31-17-5-18-32-30/h1-3,5-7,10-13,17-18,25-26,33H,4,8-9,14-16,19-23H2,(H,34,37)/t25-/m1/s1. The van der Waals surface area contributed by atoms with Crippen molar-refractivity contribution in [3.8, 4) is 0 Å². The highest BCUT2D eigenvalue weighted by Crippen LogP contribution is 2.24. The number of carbonyl (C=O) groups is 1. The summed E-state index contributed by atoms with van der Waals surface area (Å²) in [6, 6.07) is 20.9. The Hall–Kier alpha value is -3.45. The number of hydrogen-bond donors (Lipinski definition) is 2. The molecule has 0 saturated carbocycles. The molecule has 1 aromatic heterocycles. The third-order valence-corrected chi connectivity index (χ3v) is 7.54. The van der Waals surface area contributed by atoms with Gasteiger partial charge in [-0.25, -0.2) is 9.97 Å². The van der Waals surface area contributed by atoms with Gasteiger partial charge in [0, 0.05) is 62.4 Å². The molecule has 0 spiro atoms. The molecule has 194 valence electrons. The van der Waals surface area contributed by atoms with Crippen LogP contribution in [0.1, 0.15) is 37.7 Å². The van der Waals surface area contributed by atoms with Crippen LogP contribution < -0.4 is 20.4 Å². The molecule has 0 unspecified atom stereocenters. The molecule has 0 bridgehead atoms. The molecular weight excluding hydrogens is 460 g/mol. The van der Waals surface area contributed by atoms with E-state index in [0.29, 0.717) is 18.4 Å². The number of anilines is 3. The number of benzene rings is 2. The minimum Gasteiger partial charge on any atom is -0.371 e. The van der Waals surface area contributed by atoms with Crippen molar-refractivity contribution in [1.29, 1.82) is 0 Å². The van der Waals surface area contributed by atoms with Gasteiger partial charge in [0.15, 0.2) is 0 Å². The lowest BCUT2D eigenvalue weighted by atomic mass is 9.96. The maximum Gasteiger partial charge on any atom is 0.225 e. The van der Waals surface area contributed by atoms with Gasteiger partial charge >= 0.3 is 0 Å². The first kappa shape index (κ1) is 25.2. The van der Waals surface area contributed by atoms with E-state index in [2.05, 4.69) is 54.7 Å². The Balaban J connectivity index is 1.02. The van der Waals surface area contributed by atoms with Crippen molar-refractivity contribution in [2.24, 2.45) is 5.92 Å². The van der Waals surface area contributed by atoms with Gasteiger partial charge in [-0.2, -0.15) is 0 Å². The molecule has 1 amide bonds. The zero-order valence-electron chi connectivity index (χ0n) is 21.6. The van der Waals surface area contributed by atoms with Gasteiger partial charge in [0.2, 0.25) is 11.9 Å². The summed E-state index contributed by atoms with van der Waals surface area (Å²) < 4.78 is 0. The Labute approximate surface area is 220 Å². The van der Waals surface area contributed by atoms with Crippen molar-refractivity contribution in [3.05, 3.63) is 78.6 Å². The van der Waals surface area contributed by atoms with E-state index < -0.39 is 0 Å². The Morgan fingerprint density at radius 1 is 0.865 bits per heavy atom. The highest BCUT2D eigenvalue weighted by molar-refractivity contribution is 5.91. The molecule has 2 aliphatic heterocycles. The highest BCUT2D eigenvalue weighted by atomic mass is 16.1. The average Bonchev–Trinajstić information content (AvgIpc) is 2.97. The monoisotopic (exact) mass is 498 g/mol. The Kier molecular flexibility index (Phi) is 8.64. The van der Waals surface area contributed by atoms with Crippen LogP contribution in [0.15, 0.2) is 73.1 Å². The summed E-state index contributed by atoms with van der Waals surface area (Å²) in [7, 11) is 0. The maximum absolute atomic E-state index is 12.3. The fourth-order valence-electron chi connectivity index (χ4n) is 5.42. The molecule has 0 radical (unpaired) electrons. The Bertz CT molecular complexity index is 1100. The van der Waals surface area contributed by atoms with E-state index in [1.807, 2.05) is 48.8 Å². The quantitative estimate of drug-likeness (QED) is 0.452. The predicted molar refractivity (Wildman–Crippen MR) is 150 cm³/mol. The minimum atomic E-state index is 0.0564. The number of amides is 1. The first-order valence-corrected chi connectivity index (χ1v) is 13.7. The molecule has 2 fully saturated rings. The van der Waals surface area contributed by atoms with Crippen LogP contribution >= 0.6 is 0 Å². The lowest BCUT2D eigenvalue weighted by molar-refractivity contribution is -0.116. The molecule has 2 saturated heterocycles. The van der Waals surface area contributed by atoms with E-state index in [1.165, 1.54) is 24.1 Å². The van der Waals surface area contributed by atoms with E-state index in [0.717, 1.165) is 63.6 Å². The molecule has 5 rings (SSSR count). The highest BCUT2D eigenvalue weighted by Gasteiger charge is 2.24. The van der Waals surface area contributed by atoms with Gasteiger partial charge in [0.1, 0.15) is 0 Å². The number of aromatic nitrogens is 2. The van der Waals surface area contributed by atoms with E-state index >= 15 is 0 Å². The van der Waals surface area contributed by atoms with Crippen LogP contribution in [0.2, 0.25) is 0 Å². The number of piperidine rings is 2. The van der Waals surface area contributed by atoms with Crippen molar-refractivity contribution in [2.75, 3.05) is 47.8 Å². The second-order valence-corrected chi connectivity index (χ2v) is 10.3. The molecular formula is C30H38N6O. The number of carbonyl (C=O) groups excluding carboxylic acids is 1. The molecule has 7 nitrogen and oxygen atoms in total. The van der Waals surface area contributed by atoms with Crippen LogP contribution in [-0.2, 0) is 11.2 Å². The van der Waals surface area contributed by atoms with Crippen molar-refractivity contribution in [1.82, 2.24) is 15.3 Å².